The quantitative estimate of drug-likeness (QED) is 0.873. The molecule has 1 amide bonds. The summed E-state index contributed by atoms with van der Waals surface area (Å²) in [6.45, 7) is 4.58. The van der Waals surface area contributed by atoms with Crippen LogP contribution in [0.3, 0.4) is 0 Å². The molecule has 2 N–H and O–H groups in total. The average Bonchev–Trinajstić information content (AvgIpc) is 3.01. The van der Waals surface area contributed by atoms with Gasteiger partial charge < -0.3 is 10.6 Å². The lowest BCUT2D eigenvalue weighted by Gasteiger charge is -2.27. The SMILES string of the molecule is CC(N)C(C)C(=O)N(Cc1cccs1)C1CC1. The number of hydrogen-bond acceptors (Lipinski definition) is 3. The highest BCUT2D eigenvalue weighted by Gasteiger charge is 2.35. The first-order chi connectivity index (χ1) is 8.09. The Hall–Kier alpha value is -0.870. The summed E-state index contributed by atoms with van der Waals surface area (Å²) < 4.78 is 0. The van der Waals surface area contributed by atoms with Crippen LogP contribution < -0.4 is 5.73 Å². The molecule has 2 rings (SSSR count). The van der Waals surface area contributed by atoms with Gasteiger partial charge in [-0.05, 0) is 31.2 Å². The molecule has 1 aliphatic rings. The van der Waals surface area contributed by atoms with Crippen molar-refractivity contribution in [1.29, 1.82) is 0 Å². The van der Waals surface area contributed by atoms with Gasteiger partial charge >= 0.3 is 0 Å². The molecule has 0 saturated heterocycles. The zero-order valence-electron chi connectivity index (χ0n) is 10.4. The van der Waals surface area contributed by atoms with Gasteiger partial charge in [0, 0.05) is 17.0 Å². The molecule has 2 unspecified atom stereocenters. The van der Waals surface area contributed by atoms with Gasteiger partial charge in [-0.2, -0.15) is 0 Å². The smallest absolute Gasteiger partial charge is 0.227 e. The van der Waals surface area contributed by atoms with E-state index in [-0.39, 0.29) is 17.9 Å². The van der Waals surface area contributed by atoms with E-state index in [9.17, 15) is 4.79 Å². The van der Waals surface area contributed by atoms with Crippen molar-refractivity contribution in [2.75, 3.05) is 0 Å². The maximum absolute atomic E-state index is 12.3. The van der Waals surface area contributed by atoms with E-state index in [2.05, 4.69) is 11.4 Å². The van der Waals surface area contributed by atoms with Crippen LogP contribution in [0, 0.1) is 5.92 Å². The fourth-order valence-electron chi connectivity index (χ4n) is 1.83. The Morgan fingerprint density at radius 2 is 2.29 bits per heavy atom. The second-order valence-electron chi connectivity index (χ2n) is 4.92. The number of nitrogens with two attached hydrogens (primary N) is 1. The van der Waals surface area contributed by atoms with Crippen molar-refractivity contribution in [2.45, 2.75) is 45.3 Å². The van der Waals surface area contributed by atoms with Gasteiger partial charge in [-0.15, -0.1) is 11.3 Å². The molecule has 1 fully saturated rings. The van der Waals surface area contributed by atoms with E-state index < -0.39 is 0 Å². The summed E-state index contributed by atoms with van der Waals surface area (Å²) in [5.41, 5.74) is 5.82. The van der Waals surface area contributed by atoms with Crippen molar-refractivity contribution < 1.29 is 4.79 Å². The summed E-state index contributed by atoms with van der Waals surface area (Å²) in [5, 5.41) is 2.06. The molecular formula is C13H20N2OS. The number of carbonyl (C=O) groups excluding carboxylic acids is 1. The third-order valence-electron chi connectivity index (χ3n) is 3.36. The molecule has 0 aliphatic heterocycles. The van der Waals surface area contributed by atoms with Crippen LogP contribution in [0.2, 0.25) is 0 Å². The maximum Gasteiger partial charge on any atom is 0.227 e. The van der Waals surface area contributed by atoms with E-state index in [1.807, 2.05) is 24.8 Å². The predicted octanol–water partition coefficient (Wildman–Crippen LogP) is 2.22. The Balaban J connectivity index is 2.04. The lowest BCUT2D eigenvalue weighted by atomic mass is 10.0. The number of thiophene rings is 1. The maximum atomic E-state index is 12.3. The summed E-state index contributed by atoms with van der Waals surface area (Å²) in [6.07, 6.45) is 2.28. The molecule has 1 saturated carbocycles. The lowest BCUT2D eigenvalue weighted by Crippen LogP contribution is -2.42. The van der Waals surface area contributed by atoms with Crippen LogP contribution in [0.15, 0.2) is 17.5 Å². The Kier molecular flexibility index (Phi) is 3.84. The molecule has 0 spiro atoms. The van der Waals surface area contributed by atoms with Crippen LogP contribution in [0.4, 0.5) is 0 Å². The molecule has 17 heavy (non-hydrogen) atoms. The minimum absolute atomic E-state index is 0.0768. The lowest BCUT2D eigenvalue weighted by molar-refractivity contribution is -0.136. The fourth-order valence-corrected chi connectivity index (χ4v) is 2.53. The zero-order chi connectivity index (χ0) is 12.4. The molecule has 3 nitrogen and oxygen atoms in total. The van der Waals surface area contributed by atoms with Crippen LogP contribution in [0.25, 0.3) is 0 Å². The van der Waals surface area contributed by atoms with E-state index in [1.54, 1.807) is 11.3 Å². The van der Waals surface area contributed by atoms with Crippen LogP contribution in [-0.4, -0.2) is 22.9 Å². The van der Waals surface area contributed by atoms with Gasteiger partial charge in [0.2, 0.25) is 5.91 Å². The van der Waals surface area contributed by atoms with Crippen molar-refractivity contribution in [3.63, 3.8) is 0 Å². The van der Waals surface area contributed by atoms with Crippen LogP contribution in [0.5, 0.6) is 0 Å². The molecule has 4 heteroatoms. The van der Waals surface area contributed by atoms with Crippen LogP contribution >= 0.6 is 11.3 Å². The Morgan fingerprint density at radius 1 is 1.59 bits per heavy atom. The molecule has 1 heterocycles. The monoisotopic (exact) mass is 252 g/mol. The van der Waals surface area contributed by atoms with Crippen molar-refractivity contribution in [3.05, 3.63) is 22.4 Å². The van der Waals surface area contributed by atoms with Gasteiger partial charge in [0.1, 0.15) is 0 Å². The average molecular weight is 252 g/mol. The Morgan fingerprint density at radius 3 is 2.76 bits per heavy atom. The minimum atomic E-state index is -0.0874. The number of amides is 1. The standard InChI is InChI=1S/C13H20N2OS/c1-9(10(2)14)13(16)15(11-5-6-11)8-12-4-3-7-17-12/h3-4,7,9-11H,5-6,8,14H2,1-2H3. The first-order valence-corrected chi connectivity index (χ1v) is 7.06. The summed E-state index contributed by atoms with van der Waals surface area (Å²) >= 11 is 1.71. The van der Waals surface area contributed by atoms with Crippen molar-refractivity contribution in [3.8, 4) is 0 Å². The second-order valence-corrected chi connectivity index (χ2v) is 5.96. The van der Waals surface area contributed by atoms with Gasteiger partial charge in [0.05, 0.1) is 12.5 Å². The second kappa shape index (κ2) is 5.19. The molecule has 1 aromatic rings. The molecule has 0 bridgehead atoms. The number of rotatable bonds is 5. The van der Waals surface area contributed by atoms with Crippen LogP contribution in [-0.2, 0) is 11.3 Å². The van der Waals surface area contributed by atoms with Crippen LogP contribution in [0.1, 0.15) is 31.6 Å². The normalized spacial score (nSPS) is 18.8. The first-order valence-electron chi connectivity index (χ1n) is 6.18. The van der Waals surface area contributed by atoms with Gasteiger partial charge in [-0.1, -0.05) is 13.0 Å². The predicted molar refractivity (Wildman–Crippen MR) is 70.7 cm³/mol. The van der Waals surface area contributed by atoms with Gasteiger partial charge in [-0.25, -0.2) is 0 Å². The molecule has 1 aliphatic carbocycles. The third-order valence-corrected chi connectivity index (χ3v) is 4.22. The van der Waals surface area contributed by atoms with Gasteiger partial charge in [0.15, 0.2) is 0 Å². The zero-order valence-corrected chi connectivity index (χ0v) is 11.2. The fraction of sp³-hybridized carbons (Fsp3) is 0.615. The van der Waals surface area contributed by atoms with Crippen molar-refractivity contribution in [1.82, 2.24) is 4.90 Å². The van der Waals surface area contributed by atoms with Gasteiger partial charge in [0.25, 0.3) is 0 Å². The van der Waals surface area contributed by atoms with E-state index in [0.717, 1.165) is 19.4 Å². The third kappa shape index (κ3) is 3.07. The molecule has 0 aromatic carbocycles. The van der Waals surface area contributed by atoms with E-state index in [1.165, 1.54) is 4.88 Å². The first kappa shape index (κ1) is 12.6. The van der Waals surface area contributed by atoms with E-state index in [0.29, 0.717) is 6.04 Å². The number of hydrogen-bond donors (Lipinski definition) is 1. The molecule has 0 radical (unpaired) electrons. The summed E-state index contributed by atoms with van der Waals surface area (Å²) in [6, 6.07) is 4.49. The van der Waals surface area contributed by atoms with Crippen molar-refractivity contribution >= 4 is 17.2 Å². The highest BCUT2D eigenvalue weighted by molar-refractivity contribution is 7.09. The van der Waals surface area contributed by atoms with E-state index in [4.69, 9.17) is 5.73 Å². The Bertz CT molecular complexity index is 371. The summed E-state index contributed by atoms with van der Waals surface area (Å²) in [7, 11) is 0. The summed E-state index contributed by atoms with van der Waals surface area (Å²) in [4.78, 5) is 15.6. The highest BCUT2D eigenvalue weighted by Crippen LogP contribution is 2.30. The topological polar surface area (TPSA) is 46.3 Å². The van der Waals surface area contributed by atoms with E-state index >= 15 is 0 Å². The molecule has 1 aromatic heterocycles. The largest absolute Gasteiger partial charge is 0.334 e. The molecule has 94 valence electrons. The number of nitrogens with zero attached hydrogens (tertiary/aromatic N) is 1. The van der Waals surface area contributed by atoms with Crippen molar-refractivity contribution in [2.24, 2.45) is 11.7 Å². The van der Waals surface area contributed by atoms with Gasteiger partial charge in [-0.3, -0.25) is 4.79 Å². The number of carbonyl (C=O) groups is 1. The Labute approximate surface area is 107 Å². The minimum Gasteiger partial charge on any atom is -0.334 e. The highest BCUT2D eigenvalue weighted by atomic mass is 32.1. The molecular weight excluding hydrogens is 232 g/mol. The molecule has 2 atom stereocenters. The summed E-state index contributed by atoms with van der Waals surface area (Å²) in [5.74, 6) is 0.117.